The fourth-order valence-electron chi connectivity index (χ4n) is 0.855. The van der Waals surface area contributed by atoms with E-state index in [9.17, 15) is 0 Å². The highest BCUT2D eigenvalue weighted by atomic mass is 127. The molecule has 0 saturated carbocycles. The van der Waals surface area contributed by atoms with Crippen LogP contribution in [0, 0.1) is 5.92 Å². The number of rotatable bonds is 6. The van der Waals surface area contributed by atoms with E-state index in [1.807, 2.05) is 0 Å². The van der Waals surface area contributed by atoms with Crippen molar-refractivity contribution in [3.8, 4) is 0 Å². The Kier molecular flexibility index (Phi) is 8.33. The van der Waals surface area contributed by atoms with Crippen LogP contribution in [0.5, 0.6) is 0 Å². The summed E-state index contributed by atoms with van der Waals surface area (Å²) in [6.45, 7) is 2.45. The van der Waals surface area contributed by atoms with Crippen molar-refractivity contribution in [2.75, 3.05) is 11.0 Å². The van der Waals surface area contributed by atoms with Crippen LogP contribution in [0.3, 0.4) is 0 Å². The van der Waals surface area contributed by atoms with Gasteiger partial charge in [-0.1, -0.05) is 42.4 Å². The maximum Gasteiger partial charge on any atom is 0.0456 e. The summed E-state index contributed by atoms with van der Waals surface area (Å²) in [4.78, 5) is 0. The van der Waals surface area contributed by atoms with E-state index in [2.05, 4.69) is 29.5 Å². The SMILES string of the molecule is C[C@@H](CO)CCCCCI. The number of hydrogen-bond donors (Lipinski definition) is 1. The number of aliphatic hydroxyl groups is 1. The van der Waals surface area contributed by atoms with E-state index in [1.165, 1.54) is 30.1 Å². The van der Waals surface area contributed by atoms with E-state index in [1.54, 1.807) is 0 Å². The zero-order valence-corrected chi connectivity index (χ0v) is 8.80. The highest BCUT2D eigenvalue weighted by Gasteiger charge is 1.97. The molecule has 0 heterocycles. The van der Waals surface area contributed by atoms with Gasteiger partial charge in [-0.15, -0.1) is 0 Å². The van der Waals surface area contributed by atoms with Gasteiger partial charge in [0, 0.05) is 6.61 Å². The van der Waals surface area contributed by atoms with Crippen LogP contribution in [0.1, 0.15) is 32.6 Å². The molecule has 0 saturated heterocycles. The minimum atomic E-state index is 0.351. The Hall–Kier alpha value is 0.690. The third-order valence-electron chi connectivity index (χ3n) is 1.64. The largest absolute Gasteiger partial charge is 0.396 e. The van der Waals surface area contributed by atoms with Crippen LogP contribution in [0.25, 0.3) is 0 Å². The van der Waals surface area contributed by atoms with E-state index in [-0.39, 0.29) is 0 Å². The van der Waals surface area contributed by atoms with Crippen molar-refractivity contribution in [2.45, 2.75) is 32.6 Å². The summed E-state index contributed by atoms with van der Waals surface area (Å²) in [5.41, 5.74) is 0. The first-order valence-corrected chi connectivity index (χ1v) is 5.50. The van der Waals surface area contributed by atoms with Crippen LogP contribution in [0.15, 0.2) is 0 Å². The van der Waals surface area contributed by atoms with Crippen molar-refractivity contribution in [1.82, 2.24) is 0 Å². The topological polar surface area (TPSA) is 20.2 Å². The summed E-state index contributed by atoms with van der Waals surface area (Å²) in [5, 5.41) is 8.69. The molecule has 0 unspecified atom stereocenters. The molecule has 1 N–H and O–H groups in total. The van der Waals surface area contributed by atoms with Gasteiger partial charge in [-0.2, -0.15) is 0 Å². The lowest BCUT2D eigenvalue weighted by Crippen LogP contribution is -1.99. The van der Waals surface area contributed by atoms with E-state index in [0.717, 1.165) is 0 Å². The molecule has 0 aromatic carbocycles. The van der Waals surface area contributed by atoms with Crippen molar-refractivity contribution in [3.63, 3.8) is 0 Å². The Morgan fingerprint density at radius 1 is 1.30 bits per heavy atom. The van der Waals surface area contributed by atoms with Crippen LogP contribution in [0.2, 0.25) is 0 Å². The molecule has 0 aliphatic rings. The molecule has 0 spiro atoms. The van der Waals surface area contributed by atoms with Gasteiger partial charge >= 0.3 is 0 Å². The highest BCUT2D eigenvalue weighted by molar-refractivity contribution is 14.1. The van der Waals surface area contributed by atoms with Gasteiger partial charge in [0.1, 0.15) is 0 Å². The van der Waals surface area contributed by atoms with E-state index in [0.29, 0.717) is 12.5 Å². The zero-order chi connectivity index (χ0) is 7.82. The summed E-state index contributed by atoms with van der Waals surface area (Å²) >= 11 is 2.40. The molecule has 2 heteroatoms. The minimum Gasteiger partial charge on any atom is -0.396 e. The summed E-state index contributed by atoms with van der Waals surface area (Å²) in [6, 6.07) is 0. The van der Waals surface area contributed by atoms with Gasteiger partial charge in [0.15, 0.2) is 0 Å². The van der Waals surface area contributed by atoms with Gasteiger partial charge in [0.2, 0.25) is 0 Å². The van der Waals surface area contributed by atoms with Gasteiger partial charge in [-0.3, -0.25) is 0 Å². The third kappa shape index (κ3) is 6.81. The molecule has 62 valence electrons. The molecular formula is C8H17IO. The molecule has 10 heavy (non-hydrogen) atoms. The Morgan fingerprint density at radius 2 is 2.00 bits per heavy atom. The average molecular weight is 256 g/mol. The zero-order valence-electron chi connectivity index (χ0n) is 6.65. The van der Waals surface area contributed by atoms with Crippen LogP contribution < -0.4 is 0 Å². The first-order valence-electron chi connectivity index (χ1n) is 3.98. The van der Waals surface area contributed by atoms with E-state index < -0.39 is 0 Å². The molecule has 1 nitrogen and oxygen atoms in total. The van der Waals surface area contributed by atoms with Crippen LogP contribution in [0.4, 0.5) is 0 Å². The molecule has 0 bridgehead atoms. The second kappa shape index (κ2) is 7.79. The molecule has 0 aliphatic carbocycles. The molecule has 0 rings (SSSR count). The maximum absolute atomic E-state index is 8.69. The number of hydrogen-bond acceptors (Lipinski definition) is 1. The van der Waals surface area contributed by atoms with Crippen molar-refractivity contribution < 1.29 is 5.11 Å². The van der Waals surface area contributed by atoms with Gasteiger partial charge in [0.05, 0.1) is 0 Å². The Bertz CT molecular complexity index is 66.3. The maximum atomic E-state index is 8.69. The number of alkyl halides is 1. The van der Waals surface area contributed by atoms with Crippen molar-refractivity contribution in [2.24, 2.45) is 5.92 Å². The molecule has 1 atom stereocenters. The lowest BCUT2D eigenvalue weighted by Gasteiger charge is -2.05. The van der Waals surface area contributed by atoms with Gasteiger partial charge in [-0.25, -0.2) is 0 Å². The van der Waals surface area contributed by atoms with Crippen LogP contribution >= 0.6 is 22.6 Å². The molecule has 0 amide bonds. The lowest BCUT2D eigenvalue weighted by molar-refractivity contribution is 0.227. The molecule has 0 aliphatic heterocycles. The number of aliphatic hydroxyl groups excluding tert-OH is 1. The van der Waals surface area contributed by atoms with E-state index in [4.69, 9.17) is 5.11 Å². The van der Waals surface area contributed by atoms with Crippen molar-refractivity contribution in [1.29, 1.82) is 0 Å². The predicted octanol–water partition coefficient (Wildman–Crippen LogP) is 2.61. The third-order valence-corrected chi connectivity index (χ3v) is 2.41. The van der Waals surface area contributed by atoms with Gasteiger partial charge < -0.3 is 5.11 Å². The van der Waals surface area contributed by atoms with Crippen molar-refractivity contribution in [3.05, 3.63) is 0 Å². The molecule has 0 radical (unpaired) electrons. The summed E-state index contributed by atoms with van der Waals surface area (Å²) < 4.78 is 1.27. The second-order valence-corrected chi connectivity index (χ2v) is 3.90. The van der Waals surface area contributed by atoms with Gasteiger partial charge in [0.25, 0.3) is 0 Å². The Balaban J connectivity index is 2.89. The first kappa shape index (κ1) is 10.7. The first-order chi connectivity index (χ1) is 4.81. The lowest BCUT2D eigenvalue weighted by atomic mass is 10.0. The Morgan fingerprint density at radius 3 is 2.50 bits per heavy atom. The summed E-state index contributed by atoms with van der Waals surface area (Å²) in [6.07, 6.45) is 5.13. The quantitative estimate of drug-likeness (QED) is 0.440. The predicted molar refractivity (Wildman–Crippen MR) is 53.6 cm³/mol. The highest BCUT2D eigenvalue weighted by Crippen LogP contribution is 2.08. The monoisotopic (exact) mass is 256 g/mol. The average Bonchev–Trinajstić information content (AvgIpc) is 1.98. The van der Waals surface area contributed by atoms with Crippen LogP contribution in [-0.4, -0.2) is 16.1 Å². The van der Waals surface area contributed by atoms with Crippen LogP contribution in [-0.2, 0) is 0 Å². The second-order valence-electron chi connectivity index (χ2n) is 2.83. The molecule has 0 aromatic rings. The van der Waals surface area contributed by atoms with Crippen molar-refractivity contribution >= 4 is 22.6 Å². The molecule has 0 fully saturated rings. The molecule has 0 aromatic heterocycles. The fourth-order valence-corrected chi connectivity index (χ4v) is 1.39. The molecular weight excluding hydrogens is 239 g/mol. The summed E-state index contributed by atoms with van der Waals surface area (Å²) in [5.74, 6) is 0.509. The number of unbranched alkanes of at least 4 members (excludes halogenated alkanes) is 2. The normalized spacial score (nSPS) is 13.5. The fraction of sp³-hybridized carbons (Fsp3) is 1.00. The minimum absolute atomic E-state index is 0.351. The van der Waals surface area contributed by atoms with Gasteiger partial charge in [-0.05, 0) is 23.2 Å². The Labute approximate surface area is 77.3 Å². The van der Waals surface area contributed by atoms with E-state index >= 15 is 0 Å². The smallest absolute Gasteiger partial charge is 0.0456 e. The standard InChI is InChI=1S/C8H17IO/c1-8(7-10)5-3-2-4-6-9/h8,10H,2-7H2,1H3/t8-/m1/s1. The summed E-state index contributed by atoms with van der Waals surface area (Å²) in [7, 11) is 0. The number of halogens is 1.